The van der Waals surface area contributed by atoms with Crippen LogP contribution < -0.4 is 25.8 Å². The molecule has 4 fully saturated rings. The third-order valence-corrected chi connectivity index (χ3v) is 11.1. The van der Waals surface area contributed by atoms with E-state index in [0.29, 0.717) is 46.9 Å². The standard InChI is InChI=1S/C20H29N3O5.C20H31N3O3/c1-13-11-22(12-14(2)28-13)17-7-5-16(6-8-17)21-20(24)15-4-9-18(23(25)26)19(10-15)27-3;1-13-11-23(12-14(2)26-13)17-7-5-16(6-8-17)22-20(24)15-4-9-18(21)19(10-15)25-3/h4,9-10,13-14,16-17H,5-8,11-12H2,1-3H3,(H,21,24);4,9-10,13-14,16-17H,5-8,11-12,21H2,1-3H3,(H,22,24)/t2*13-,14+,16?,17?. The number of methoxy groups -OCH3 is 2. The third kappa shape index (κ3) is 11.0. The lowest BCUT2D eigenvalue weighted by Crippen LogP contribution is -2.52. The first-order valence-electron chi connectivity index (χ1n) is 19.5. The number of nitro groups is 1. The van der Waals surface area contributed by atoms with Gasteiger partial charge >= 0.3 is 5.69 Å². The molecule has 2 aromatic carbocycles. The van der Waals surface area contributed by atoms with Crippen molar-refractivity contribution >= 4 is 23.2 Å². The predicted molar refractivity (Wildman–Crippen MR) is 207 cm³/mol. The van der Waals surface area contributed by atoms with Crippen LogP contribution >= 0.6 is 0 Å². The molecule has 4 aliphatic rings. The van der Waals surface area contributed by atoms with E-state index in [0.717, 1.165) is 77.5 Å². The van der Waals surface area contributed by atoms with Crippen LogP contribution in [-0.4, -0.2) is 116 Å². The summed E-state index contributed by atoms with van der Waals surface area (Å²) in [5.41, 5.74) is 7.18. The van der Waals surface area contributed by atoms with Gasteiger partial charge in [-0.25, -0.2) is 0 Å². The molecule has 2 amide bonds. The van der Waals surface area contributed by atoms with E-state index in [1.165, 1.54) is 25.3 Å². The molecule has 0 unspecified atom stereocenters. The number of nitro benzene ring substituents is 1. The number of nitrogens with zero attached hydrogens (tertiary/aromatic N) is 3. The Morgan fingerprint density at radius 2 is 1.07 bits per heavy atom. The second-order valence-electron chi connectivity index (χ2n) is 15.5. The minimum Gasteiger partial charge on any atom is -0.495 e. The van der Waals surface area contributed by atoms with Crippen LogP contribution in [-0.2, 0) is 9.47 Å². The lowest BCUT2D eigenvalue weighted by Gasteiger charge is -2.42. The number of anilines is 1. The highest BCUT2D eigenvalue weighted by atomic mass is 16.6. The Hall–Kier alpha value is -3.98. The van der Waals surface area contributed by atoms with Crippen molar-refractivity contribution in [3.05, 3.63) is 57.6 Å². The van der Waals surface area contributed by atoms with E-state index in [2.05, 4.69) is 48.1 Å². The number of ether oxygens (including phenoxy) is 4. The molecule has 2 saturated heterocycles. The molecule has 0 spiro atoms. The molecule has 14 heteroatoms. The van der Waals surface area contributed by atoms with Gasteiger partial charge in [-0.15, -0.1) is 0 Å². The molecule has 2 heterocycles. The van der Waals surface area contributed by atoms with Crippen LogP contribution in [0, 0.1) is 10.1 Å². The second-order valence-corrected chi connectivity index (χ2v) is 15.5. The van der Waals surface area contributed by atoms with Gasteiger partial charge in [0.2, 0.25) is 0 Å². The van der Waals surface area contributed by atoms with Crippen molar-refractivity contribution in [3.63, 3.8) is 0 Å². The number of benzene rings is 2. The Morgan fingerprint density at radius 1 is 0.685 bits per heavy atom. The maximum Gasteiger partial charge on any atom is 0.310 e. The van der Waals surface area contributed by atoms with Gasteiger partial charge in [-0.3, -0.25) is 29.5 Å². The number of hydrogen-bond acceptors (Lipinski definition) is 11. The van der Waals surface area contributed by atoms with E-state index in [1.54, 1.807) is 25.3 Å². The Labute approximate surface area is 319 Å². The lowest BCUT2D eigenvalue weighted by molar-refractivity contribution is -0.385. The molecule has 2 aromatic rings. The zero-order valence-electron chi connectivity index (χ0n) is 32.8. The Morgan fingerprint density at radius 3 is 1.46 bits per heavy atom. The Kier molecular flexibility index (Phi) is 14.5. The fourth-order valence-electron chi connectivity index (χ4n) is 8.56. The molecule has 2 aliphatic heterocycles. The topological polar surface area (TPSA) is 171 Å². The molecule has 2 aliphatic carbocycles. The van der Waals surface area contributed by atoms with Crippen molar-refractivity contribution in [3.8, 4) is 11.5 Å². The number of rotatable bonds is 9. The van der Waals surface area contributed by atoms with Crippen LogP contribution in [0.2, 0.25) is 0 Å². The second kappa shape index (κ2) is 19.1. The van der Waals surface area contributed by atoms with E-state index in [1.807, 2.05) is 0 Å². The lowest BCUT2D eigenvalue weighted by atomic mass is 9.89. The van der Waals surface area contributed by atoms with Gasteiger partial charge in [0, 0.05) is 73.6 Å². The summed E-state index contributed by atoms with van der Waals surface area (Å²) in [4.78, 5) is 40.7. The molecule has 4 N–H and O–H groups in total. The summed E-state index contributed by atoms with van der Waals surface area (Å²) >= 11 is 0. The number of carbonyl (C=O) groups is 2. The van der Waals surface area contributed by atoms with Crippen LogP contribution in [0.1, 0.15) is 99.8 Å². The SMILES string of the molecule is COc1cc(C(=O)NC2CCC(N3C[C@@H](C)O[C@@H](C)C3)CC2)ccc1N.COc1cc(C(=O)NC2CCC(N3C[C@@H](C)O[C@@H](C)C3)CC2)ccc1[N+](=O)[O-]. The average molecular weight is 753 g/mol. The van der Waals surface area contributed by atoms with Crippen LogP contribution in [0.5, 0.6) is 11.5 Å². The van der Waals surface area contributed by atoms with Crippen molar-refractivity contribution in [1.29, 1.82) is 0 Å². The summed E-state index contributed by atoms with van der Waals surface area (Å²) < 4.78 is 21.9. The maximum absolute atomic E-state index is 12.6. The molecule has 4 atom stereocenters. The van der Waals surface area contributed by atoms with Gasteiger partial charge in [0.05, 0.1) is 49.2 Å². The van der Waals surface area contributed by atoms with Crippen LogP contribution in [0.15, 0.2) is 36.4 Å². The van der Waals surface area contributed by atoms with Crippen LogP contribution in [0.3, 0.4) is 0 Å². The fourth-order valence-corrected chi connectivity index (χ4v) is 8.56. The first-order chi connectivity index (χ1) is 25.8. The van der Waals surface area contributed by atoms with Gasteiger partial charge in [0.25, 0.3) is 11.8 Å². The van der Waals surface area contributed by atoms with Crippen LogP contribution in [0.4, 0.5) is 11.4 Å². The monoisotopic (exact) mass is 752 g/mol. The number of morpholine rings is 2. The zero-order valence-corrected chi connectivity index (χ0v) is 32.8. The molecule has 6 rings (SSSR count). The molecule has 0 bridgehead atoms. The van der Waals surface area contributed by atoms with Gasteiger partial charge in [-0.2, -0.15) is 0 Å². The van der Waals surface area contributed by atoms with Gasteiger partial charge in [-0.1, -0.05) is 0 Å². The van der Waals surface area contributed by atoms with Crippen molar-refractivity contribution in [2.24, 2.45) is 0 Å². The molecule has 0 aromatic heterocycles. The average Bonchev–Trinajstić information content (AvgIpc) is 3.14. The summed E-state index contributed by atoms with van der Waals surface area (Å²) in [6, 6.07) is 10.9. The van der Waals surface area contributed by atoms with E-state index in [9.17, 15) is 19.7 Å². The first-order valence-corrected chi connectivity index (χ1v) is 19.5. The summed E-state index contributed by atoms with van der Waals surface area (Å²) in [5, 5.41) is 17.2. The van der Waals surface area contributed by atoms with E-state index < -0.39 is 4.92 Å². The summed E-state index contributed by atoms with van der Waals surface area (Å²) in [7, 11) is 2.92. The van der Waals surface area contributed by atoms with Crippen molar-refractivity contribution in [2.45, 2.75) is 128 Å². The summed E-state index contributed by atoms with van der Waals surface area (Å²) in [6.45, 7) is 12.5. The third-order valence-electron chi connectivity index (χ3n) is 11.1. The van der Waals surface area contributed by atoms with Gasteiger partial charge < -0.3 is 35.3 Å². The van der Waals surface area contributed by atoms with Crippen LogP contribution in [0.25, 0.3) is 0 Å². The molecule has 2 saturated carbocycles. The van der Waals surface area contributed by atoms with E-state index in [-0.39, 0.29) is 47.5 Å². The van der Waals surface area contributed by atoms with Crippen molar-refractivity contribution < 1.29 is 33.5 Å². The molecule has 0 radical (unpaired) electrons. The number of amides is 2. The highest BCUT2D eigenvalue weighted by molar-refractivity contribution is 5.96. The van der Waals surface area contributed by atoms with Gasteiger partial charge in [0.1, 0.15) is 5.75 Å². The summed E-state index contributed by atoms with van der Waals surface area (Å²) in [5.74, 6) is 0.361. The number of nitrogen functional groups attached to an aromatic ring is 1. The largest absolute Gasteiger partial charge is 0.495 e. The minimum absolute atomic E-state index is 0.0552. The number of hydrogen-bond donors (Lipinski definition) is 3. The highest BCUT2D eigenvalue weighted by Crippen LogP contribution is 2.30. The molecule has 14 nitrogen and oxygen atoms in total. The highest BCUT2D eigenvalue weighted by Gasteiger charge is 2.33. The fraction of sp³-hybridized carbons (Fsp3) is 0.650. The number of nitrogens with one attached hydrogen (secondary N) is 2. The molecule has 54 heavy (non-hydrogen) atoms. The summed E-state index contributed by atoms with van der Waals surface area (Å²) in [6.07, 6.45) is 9.37. The predicted octanol–water partition coefficient (Wildman–Crippen LogP) is 5.18. The molecular formula is C40H60N6O8. The zero-order chi connectivity index (χ0) is 38.9. The first kappa shape index (κ1) is 41.2. The van der Waals surface area contributed by atoms with Crippen molar-refractivity contribution in [2.75, 3.05) is 46.1 Å². The van der Waals surface area contributed by atoms with E-state index >= 15 is 0 Å². The molecule has 298 valence electrons. The van der Waals surface area contributed by atoms with Gasteiger partial charge in [0.15, 0.2) is 5.75 Å². The maximum atomic E-state index is 12.6. The quantitative estimate of drug-likeness (QED) is 0.175. The number of carbonyl (C=O) groups excluding carboxylic acids is 2. The Balaban J connectivity index is 0.000000208. The Bertz CT molecular complexity index is 1560. The minimum atomic E-state index is -0.519. The molecular weight excluding hydrogens is 692 g/mol. The van der Waals surface area contributed by atoms with Gasteiger partial charge in [-0.05, 0) is 103 Å². The smallest absolute Gasteiger partial charge is 0.310 e. The van der Waals surface area contributed by atoms with E-state index in [4.69, 9.17) is 24.7 Å². The number of nitrogens with two attached hydrogens (primary N) is 1. The normalized spacial score (nSPS) is 29.2. The van der Waals surface area contributed by atoms with Crippen molar-refractivity contribution in [1.82, 2.24) is 20.4 Å².